The Kier molecular flexibility index (Phi) is 10.7. The Balaban J connectivity index is 0.00000320. The lowest BCUT2D eigenvalue weighted by molar-refractivity contribution is -0.167. The minimum atomic E-state index is -1.94. The zero-order valence-electron chi connectivity index (χ0n) is 21.3. The molecule has 1 aliphatic rings. The average molecular weight is 623 g/mol. The van der Waals surface area contributed by atoms with Gasteiger partial charge in [-0.3, -0.25) is 0 Å². The predicted molar refractivity (Wildman–Crippen MR) is 153 cm³/mol. The van der Waals surface area contributed by atoms with E-state index in [4.69, 9.17) is 9.47 Å². The number of benzene rings is 4. The van der Waals surface area contributed by atoms with Crippen LogP contribution >= 0.6 is 7.26 Å². The molecule has 1 saturated heterocycles. The summed E-state index contributed by atoms with van der Waals surface area (Å²) in [6.07, 6.45) is 5.28. The Morgan fingerprint density at radius 3 is 1.62 bits per heavy atom. The minimum absolute atomic E-state index is 0. The molecule has 2 atom stereocenters. The maximum atomic E-state index is 6.47. The molecule has 0 N–H and O–H groups in total. The van der Waals surface area contributed by atoms with E-state index in [1.54, 1.807) is 0 Å². The van der Waals surface area contributed by atoms with Crippen molar-refractivity contribution in [1.82, 2.24) is 0 Å². The molecule has 1 heterocycles. The fraction of sp³-hybridized carbons (Fsp3) is 0.273. The molecule has 5 rings (SSSR count). The SMILES string of the molecule is [I-].c1ccc(CC(COC2CCCCO2)C[P+](c2ccccc2)(c2ccccc2)c2ccccc2)cc1. The molecule has 2 unspecified atom stereocenters. The van der Waals surface area contributed by atoms with Crippen LogP contribution in [0, 0.1) is 5.92 Å². The molecule has 192 valence electrons. The van der Waals surface area contributed by atoms with E-state index >= 15 is 0 Å². The van der Waals surface area contributed by atoms with Crippen LogP contribution in [-0.4, -0.2) is 25.7 Å². The van der Waals surface area contributed by atoms with Gasteiger partial charge in [0.2, 0.25) is 0 Å². The van der Waals surface area contributed by atoms with Crippen molar-refractivity contribution >= 4 is 23.2 Å². The Hall–Kier alpha value is -2.04. The number of rotatable bonds is 10. The van der Waals surface area contributed by atoms with Gasteiger partial charge in [-0.15, -0.1) is 0 Å². The second-order valence-corrected chi connectivity index (χ2v) is 13.2. The van der Waals surface area contributed by atoms with E-state index in [0.29, 0.717) is 12.5 Å². The predicted octanol–water partition coefficient (Wildman–Crippen LogP) is 3.39. The minimum Gasteiger partial charge on any atom is -1.00 e. The topological polar surface area (TPSA) is 18.5 Å². The number of hydrogen-bond acceptors (Lipinski definition) is 2. The van der Waals surface area contributed by atoms with Crippen LogP contribution in [0.5, 0.6) is 0 Å². The molecular formula is C33H36IO2P. The number of ether oxygens (including phenoxy) is 2. The van der Waals surface area contributed by atoms with Crippen LogP contribution < -0.4 is 39.9 Å². The monoisotopic (exact) mass is 622 g/mol. The van der Waals surface area contributed by atoms with Crippen molar-refractivity contribution in [3.63, 3.8) is 0 Å². The molecule has 4 aromatic rings. The van der Waals surface area contributed by atoms with Crippen LogP contribution in [0.25, 0.3) is 0 Å². The Labute approximate surface area is 239 Å². The molecule has 0 aromatic heterocycles. The number of hydrogen-bond donors (Lipinski definition) is 0. The third-order valence-electron chi connectivity index (χ3n) is 7.15. The second-order valence-electron chi connectivity index (χ2n) is 9.68. The van der Waals surface area contributed by atoms with E-state index in [2.05, 4.69) is 121 Å². The highest BCUT2D eigenvalue weighted by molar-refractivity contribution is 7.95. The van der Waals surface area contributed by atoms with E-state index in [9.17, 15) is 0 Å². The number of halogens is 1. The molecular weight excluding hydrogens is 586 g/mol. The fourth-order valence-electron chi connectivity index (χ4n) is 5.41. The summed E-state index contributed by atoms with van der Waals surface area (Å²) in [7, 11) is -1.94. The first-order chi connectivity index (χ1) is 17.8. The van der Waals surface area contributed by atoms with Gasteiger partial charge < -0.3 is 33.5 Å². The summed E-state index contributed by atoms with van der Waals surface area (Å²) in [5, 5.41) is 4.28. The first kappa shape index (κ1) is 28.0. The van der Waals surface area contributed by atoms with Crippen molar-refractivity contribution in [3.8, 4) is 0 Å². The molecule has 37 heavy (non-hydrogen) atoms. The third kappa shape index (κ3) is 7.09. The largest absolute Gasteiger partial charge is 1.00 e. The van der Waals surface area contributed by atoms with Crippen molar-refractivity contribution in [3.05, 3.63) is 127 Å². The first-order valence-electron chi connectivity index (χ1n) is 13.2. The van der Waals surface area contributed by atoms with Crippen LogP contribution in [0.2, 0.25) is 0 Å². The van der Waals surface area contributed by atoms with E-state index in [-0.39, 0.29) is 30.3 Å². The summed E-state index contributed by atoms with van der Waals surface area (Å²) in [5.74, 6) is 0.354. The van der Waals surface area contributed by atoms with Gasteiger partial charge in [-0.2, -0.15) is 0 Å². The van der Waals surface area contributed by atoms with Gasteiger partial charge in [0.25, 0.3) is 0 Å². The molecule has 2 nitrogen and oxygen atoms in total. The summed E-state index contributed by atoms with van der Waals surface area (Å²) >= 11 is 0. The summed E-state index contributed by atoms with van der Waals surface area (Å²) in [4.78, 5) is 0. The van der Waals surface area contributed by atoms with Crippen molar-refractivity contribution in [1.29, 1.82) is 0 Å². The lowest BCUT2D eigenvalue weighted by Gasteiger charge is -2.32. The standard InChI is InChI=1S/C33H36O2P.HI/c1-5-15-28(16-6-1)25-29(26-35-33-23-13-14-24-34-33)27-36(30-17-7-2-8-18-30,31-19-9-3-10-20-31)32-21-11-4-12-22-32;/h1-12,15-22,29,33H,13-14,23-27H2;1H/q+1;/p-1. The second kappa shape index (κ2) is 14.2. The molecule has 4 aromatic carbocycles. The normalized spacial score (nSPS) is 16.5. The van der Waals surface area contributed by atoms with Crippen molar-refractivity contribution in [2.75, 3.05) is 19.4 Å². The fourth-order valence-corrected chi connectivity index (χ4v) is 9.99. The molecule has 4 heteroatoms. The Bertz CT molecular complexity index is 1070. The van der Waals surface area contributed by atoms with E-state index in [0.717, 1.165) is 32.0 Å². The van der Waals surface area contributed by atoms with Crippen molar-refractivity contribution in [2.45, 2.75) is 32.0 Å². The maximum Gasteiger partial charge on any atom is 0.157 e. The van der Waals surface area contributed by atoms with E-state index in [1.165, 1.54) is 27.9 Å². The molecule has 1 aliphatic heterocycles. The summed E-state index contributed by atoms with van der Waals surface area (Å²) in [6.45, 7) is 1.51. The smallest absolute Gasteiger partial charge is 0.157 e. The van der Waals surface area contributed by atoms with Gasteiger partial charge in [0.05, 0.1) is 12.8 Å². The highest BCUT2D eigenvalue weighted by Gasteiger charge is 2.47. The molecule has 1 fully saturated rings. The van der Waals surface area contributed by atoms with Gasteiger partial charge in [0.15, 0.2) is 6.29 Å². The molecule has 0 bridgehead atoms. The molecule has 0 aliphatic carbocycles. The van der Waals surface area contributed by atoms with Gasteiger partial charge in [0.1, 0.15) is 23.2 Å². The molecule has 0 amide bonds. The van der Waals surface area contributed by atoms with Crippen molar-refractivity contribution < 1.29 is 33.5 Å². The average Bonchev–Trinajstić information content (AvgIpc) is 2.97. The zero-order valence-corrected chi connectivity index (χ0v) is 24.3. The zero-order chi connectivity index (χ0) is 24.5. The molecule has 0 saturated carbocycles. The lowest BCUT2D eigenvalue weighted by atomic mass is 10.0. The van der Waals surface area contributed by atoms with Gasteiger partial charge >= 0.3 is 0 Å². The quantitative estimate of drug-likeness (QED) is 0.200. The third-order valence-corrected chi connectivity index (χ3v) is 11.7. The van der Waals surface area contributed by atoms with Crippen LogP contribution in [0.3, 0.4) is 0 Å². The van der Waals surface area contributed by atoms with Crippen molar-refractivity contribution in [2.24, 2.45) is 5.92 Å². The van der Waals surface area contributed by atoms with Crippen LogP contribution in [0.15, 0.2) is 121 Å². The van der Waals surface area contributed by atoms with Crippen LogP contribution in [0.4, 0.5) is 0 Å². The van der Waals surface area contributed by atoms with Gasteiger partial charge in [0, 0.05) is 12.5 Å². The molecule has 0 spiro atoms. The van der Waals surface area contributed by atoms with Gasteiger partial charge in [-0.05, 0) is 67.6 Å². The maximum absolute atomic E-state index is 6.47. The summed E-state index contributed by atoms with van der Waals surface area (Å²) < 4.78 is 12.4. The van der Waals surface area contributed by atoms with Crippen LogP contribution in [-0.2, 0) is 15.9 Å². The highest BCUT2D eigenvalue weighted by Crippen LogP contribution is 2.57. The summed E-state index contributed by atoms with van der Waals surface area (Å²) in [6, 6.07) is 44.4. The highest BCUT2D eigenvalue weighted by atomic mass is 127. The Morgan fingerprint density at radius 1 is 0.676 bits per heavy atom. The van der Waals surface area contributed by atoms with Gasteiger partial charge in [-0.25, -0.2) is 0 Å². The van der Waals surface area contributed by atoms with E-state index < -0.39 is 7.26 Å². The summed E-state index contributed by atoms with van der Waals surface area (Å²) in [5.41, 5.74) is 1.36. The first-order valence-corrected chi connectivity index (χ1v) is 15.1. The van der Waals surface area contributed by atoms with Gasteiger partial charge in [-0.1, -0.05) is 84.9 Å². The van der Waals surface area contributed by atoms with Crippen LogP contribution in [0.1, 0.15) is 24.8 Å². The molecule has 0 radical (unpaired) electrons. The van der Waals surface area contributed by atoms with E-state index in [1.807, 2.05) is 0 Å². The lowest BCUT2D eigenvalue weighted by Crippen LogP contribution is -3.00. The Morgan fingerprint density at radius 2 is 1.16 bits per heavy atom.